The van der Waals surface area contributed by atoms with Gasteiger partial charge in [0.15, 0.2) is 0 Å². The maximum absolute atomic E-state index is 11.5. The van der Waals surface area contributed by atoms with Gasteiger partial charge in [0.1, 0.15) is 17.0 Å². The number of unbranched alkanes of at least 4 members (excludes halogenated alkanes) is 4. The molecule has 32 heavy (non-hydrogen) atoms. The maximum atomic E-state index is 11.5. The van der Waals surface area contributed by atoms with E-state index >= 15 is 0 Å². The van der Waals surface area contributed by atoms with Crippen molar-refractivity contribution < 1.29 is 19.8 Å². The van der Waals surface area contributed by atoms with Crippen molar-refractivity contribution in [1.82, 2.24) is 0 Å². The molecule has 0 saturated carbocycles. The van der Waals surface area contributed by atoms with Gasteiger partial charge in [0.2, 0.25) is 0 Å². The van der Waals surface area contributed by atoms with Gasteiger partial charge >= 0.3 is 0 Å². The van der Waals surface area contributed by atoms with E-state index in [9.17, 15) is 15.2 Å². The zero-order valence-electron chi connectivity index (χ0n) is 20.3. The number of hydrogen-bond donors (Lipinski definition) is 1. The summed E-state index contributed by atoms with van der Waals surface area (Å²) >= 11 is 0. The van der Waals surface area contributed by atoms with Crippen LogP contribution in [0.25, 0.3) is 0 Å². The first-order valence-electron chi connectivity index (χ1n) is 11.9. The summed E-state index contributed by atoms with van der Waals surface area (Å²) in [4.78, 5) is 14.5. The van der Waals surface area contributed by atoms with Crippen molar-refractivity contribution in [3.63, 3.8) is 0 Å². The third-order valence-corrected chi connectivity index (χ3v) is 7.59. The van der Waals surface area contributed by atoms with Crippen molar-refractivity contribution in [2.45, 2.75) is 109 Å². The van der Waals surface area contributed by atoms with Crippen LogP contribution >= 0.6 is 0 Å². The zero-order chi connectivity index (χ0) is 23.6. The maximum Gasteiger partial charge on any atom is 0.294 e. The highest BCUT2D eigenvalue weighted by Gasteiger charge is 2.56. The van der Waals surface area contributed by atoms with E-state index in [1.165, 1.54) is 11.1 Å². The Morgan fingerprint density at radius 1 is 1.22 bits per heavy atom. The molecule has 1 heterocycles. The van der Waals surface area contributed by atoms with Gasteiger partial charge in [-0.25, -0.2) is 0 Å². The van der Waals surface area contributed by atoms with Crippen molar-refractivity contribution >= 4 is 0 Å². The van der Waals surface area contributed by atoms with Crippen LogP contribution in [0.3, 0.4) is 0 Å². The minimum absolute atomic E-state index is 0.0212. The van der Waals surface area contributed by atoms with Gasteiger partial charge in [-0.15, -0.1) is 10.1 Å². The summed E-state index contributed by atoms with van der Waals surface area (Å²) in [6.45, 7) is 10.9. The lowest BCUT2D eigenvalue weighted by Gasteiger charge is -2.53. The molecule has 3 rings (SSSR count). The molecular formula is C26H39NO5. The monoisotopic (exact) mass is 445 g/mol. The van der Waals surface area contributed by atoms with Gasteiger partial charge in [0.25, 0.3) is 5.09 Å². The molecule has 0 spiro atoms. The van der Waals surface area contributed by atoms with E-state index in [4.69, 9.17) is 4.74 Å². The summed E-state index contributed by atoms with van der Waals surface area (Å²) in [6.07, 6.45) is 9.67. The molecule has 0 aromatic heterocycles. The predicted octanol–water partition coefficient (Wildman–Crippen LogP) is 6.24. The molecule has 6 heteroatoms. The molecule has 2 atom stereocenters. The van der Waals surface area contributed by atoms with E-state index in [2.05, 4.69) is 49.9 Å². The predicted molar refractivity (Wildman–Crippen MR) is 126 cm³/mol. The fraction of sp³-hybridized carbons (Fsp3) is 0.692. The minimum atomic E-state index is -0.888. The number of ether oxygens (including phenoxy) is 1. The van der Waals surface area contributed by atoms with Crippen LogP contribution < -0.4 is 4.74 Å². The molecule has 1 aliphatic carbocycles. The number of hydrogen-bond acceptors (Lipinski definition) is 5. The van der Waals surface area contributed by atoms with E-state index in [1.807, 2.05) is 13.8 Å². The zero-order valence-corrected chi connectivity index (χ0v) is 20.3. The van der Waals surface area contributed by atoms with E-state index in [0.717, 1.165) is 56.3 Å². The molecule has 0 bridgehead atoms. The number of fused-ring (bicyclic) bond motifs is 3. The van der Waals surface area contributed by atoms with Gasteiger partial charge in [0, 0.05) is 11.5 Å². The highest BCUT2D eigenvalue weighted by molar-refractivity contribution is 5.48. The molecule has 1 N–H and O–H groups in total. The van der Waals surface area contributed by atoms with Crippen LogP contribution in [0.15, 0.2) is 29.8 Å². The molecule has 1 aromatic carbocycles. The molecule has 0 fully saturated rings. The lowest BCUT2D eigenvalue weighted by atomic mass is 9.63. The average molecular weight is 446 g/mol. The van der Waals surface area contributed by atoms with Crippen molar-refractivity contribution in [3.05, 3.63) is 51.1 Å². The van der Waals surface area contributed by atoms with Crippen molar-refractivity contribution in [1.29, 1.82) is 0 Å². The van der Waals surface area contributed by atoms with Gasteiger partial charge in [-0.2, -0.15) is 0 Å². The summed E-state index contributed by atoms with van der Waals surface area (Å²) < 4.78 is 6.42. The number of rotatable bonds is 10. The summed E-state index contributed by atoms with van der Waals surface area (Å²) in [5.41, 5.74) is 2.20. The SMILES string of the molecule is CC1=CC[C@@]2(O)[C@H](C1)c1ccc(C(C)(C)CCCCCCCO[N+](=O)[O-])cc1OC2(C)C. The molecule has 0 unspecified atom stereocenters. The Kier molecular flexibility index (Phi) is 7.23. The summed E-state index contributed by atoms with van der Waals surface area (Å²) in [6, 6.07) is 6.58. The number of aliphatic hydroxyl groups is 1. The van der Waals surface area contributed by atoms with Crippen LogP contribution in [0.5, 0.6) is 5.75 Å². The highest BCUT2D eigenvalue weighted by Crippen LogP contribution is 2.54. The Hall–Kier alpha value is -2.08. The molecule has 178 valence electrons. The topological polar surface area (TPSA) is 81.8 Å². The van der Waals surface area contributed by atoms with Crippen LogP contribution in [-0.2, 0) is 10.3 Å². The number of benzene rings is 1. The smallest absolute Gasteiger partial charge is 0.294 e. The Morgan fingerprint density at radius 2 is 1.91 bits per heavy atom. The lowest BCUT2D eigenvalue weighted by Crippen LogP contribution is -2.60. The molecule has 0 radical (unpaired) electrons. The lowest BCUT2D eigenvalue weighted by molar-refractivity contribution is -0.757. The summed E-state index contributed by atoms with van der Waals surface area (Å²) in [5, 5.41) is 21.0. The van der Waals surface area contributed by atoms with Crippen molar-refractivity contribution in [3.8, 4) is 5.75 Å². The quantitative estimate of drug-likeness (QED) is 0.199. The van der Waals surface area contributed by atoms with Crippen molar-refractivity contribution in [2.75, 3.05) is 6.61 Å². The second kappa shape index (κ2) is 9.42. The highest BCUT2D eigenvalue weighted by atomic mass is 16.9. The van der Waals surface area contributed by atoms with Crippen LogP contribution in [0, 0.1) is 10.1 Å². The van der Waals surface area contributed by atoms with Gasteiger partial charge in [-0.3, -0.25) is 0 Å². The summed E-state index contributed by atoms with van der Waals surface area (Å²) in [5.74, 6) is 0.971. The molecule has 6 nitrogen and oxygen atoms in total. The fourth-order valence-electron chi connectivity index (χ4n) is 5.26. The Labute approximate surface area is 192 Å². The Bertz CT molecular complexity index is 860. The molecule has 1 aromatic rings. The third-order valence-electron chi connectivity index (χ3n) is 7.59. The molecular weight excluding hydrogens is 406 g/mol. The molecule has 1 aliphatic heterocycles. The van der Waals surface area contributed by atoms with E-state index in [1.54, 1.807) is 0 Å². The first kappa shape index (κ1) is 24.6. The van der Waals surface area contributed by atoms with Gasteiger partial charge < -0.3 is 14.7 Å². The fourth-order valence-corrected chi connectivity index (χ4v) is 5.26. The Morgan fingerprint density at radius 3 is 2.62 bits per heavy atom. The molecule has 0 saturated heterocycles. The van der Waals surface area contributed by atoms with E-state index in [0.29, 0.717) is 6.42 Å². The number of nitrogens with zero attached hydrogens (tertiary/aromatic N) is 1. The molecule has 0 amide bonds. The minimum Gasteiger partial charge on any atom is -0.485 e. The van der Waals surface area contributed by atoms with Gasteiger partial charge in [-0.05, 0) is 63.5 Å². The van der Waals surface area contributed by atoms with Crippen LogP contribution in [-0.4, -0.2) is 28.0 Å². The van der Waals surface area contributed by atoms with Gasteiger partial charge in [-0.1, -0.05) is 63.3 Å². The normalized spacial score (nSPS) is 24.1. The third kappa shape index (κ3) is 5.11. The second-order valence-electron chi connectivity index (χ2n) is 10.8. The van der Waals surface area contributed by atoms with Crippen molar-refractivity contribution in [2.24, 2.45) is 0 Å². The van der Waals surface area contributed by atoms with E-state index in [-0.39, 0.29) is 17.9 Å². The summed E-state index contributed by atoms with van der Waals surface area (Å²) in [7, 11) is 0. The molecule has 2 aliphatic rings. The van der Waals surface area contributed by atoms with Crippen LogP contribution in [0.2, 0.25) is 0 Å². The van der Waals surface area contributed by atoms with Crippen LogP contribution in [0.1, 0.15) is 103 Å². The first-order valence-corrected chi connectivity index (χ1v) is 11.9. The largest absolute Gasteiger partial charge is 0.485 e. The standard InChI is InChI=1S/C26H39NO5/c1-19-13-15-26(28)22(17-19)21-12-11-20(18-23(21)32-25(26,4)5)24(2,3)14-9-7-6-8-10-16-31-27(29)30/h11-13,18,22,28H,6-10,14-17H2,1-5H3/t22-,26-/m1/s1. The van der Waals surface area contributed by atoms with Crippen LogP contribution in [0.4, 0.5) is 0 Å². The van der Waals surface area contributed by atoms with Gasteiger partial charge in [0.05, 0.1) is 6.61 Å². The number of allylic oxidation sites excluding steroid dienone is 1. The first-order chi connectivity index (χ1) is 15.0. The average Bonchev–Trinajstić information content (AvgIpc) is 2.70. The van der Waals surface area contributed by atoms with E-state index < -0.39 is 16.3 Å². The Balaban J connectivity index is 1.63. The second-order valence-corrected chi connectivity index (χ2v) is 10.8.